The molecule has 3 nitrogen and oxygen atoms in total. The van der Waals surface area contributed by atoms with Crippen molar-refractivity contribution in [3.63, 3.8) is 0 Å². The standard InChI is InChI=1S/C9H18BrN3/c1-5-6-13-8(9(2,3)4)12(10)7-11-13/h7-8H,5-6H2,1-4H3. The fraction of sp³-hybridized carbons (Fsp3) is 0.889. The Morgan fingerprint density at radius 3 is 2.54 bits per heavy atom. The van der Waals surface area contributed by atoms with Gasteiger partial charge in [0.05, 0.1) is 16.1 Å². The number of hydrogen-bond acceptors (Lipinski definition) is 3. The Hall–Kier alpha value is -0.250. The predicted molar refractivity (Wildman–Crippen MR) is 59.5 cm³/mol. The van der Waals surface area contributed by atoms with Crippen molar-refractivity contribution in [3.8, 4) is 0 Å². The normalized spacial score (nSPS) is 23.0. The van der Waals surface area contributed by atoms with Crippen LogP contribution >= 0.6 is 16.1 Å². The lowest BCUT2D eigenvalue weighted by Crippen LogP contribution is -2.45. The van der Waals surface area contributed by atoms with Crippen molar-refractivity contribution in [3.05, 3.63) is 0 Å². The Labute approximate surface area is 89.1 Å². The van der Waals surface area contributed by atoms with Crippen LogP contribution < -0.4 is 0 Å². The fourth-order valence-electron chi connectivity index (χ4n) is 1.60. The molecule has 1 rings (SSSR count). The number of nitrogens with zero attached hydrogens (tertiary/aromatic N) is 3. The van der Waals surface area contributed by atoms with Gasteiger partial charge >= 0.3 is 0 Å². The van der Waals surface area contributed by atoms with E-state index in [1.165, 1.54) is 0 Å². The molecule has 0 saturated heterocycles. The zero-order valence-corrected chi connectivity index (χ0v) is 10.4. The molecule has 0 aliphatic carbocycles. The molecule has 76 valence electrons. The lowest BCUT2D eigenvalue weighted by molar-refractivity contribution is 0.0777. The van der Waals surface area contributed by atoms with Gasteiger partial charge in [-0.25, -0.2) is 0 Å². The van der Waals surface area contributed by atoms with Crippen molar-refractivity contribution < 1.29 is 0 Å². The van der Waals surface area contributed by atoms with Crippen LogP contribution in [0.3, 0.4) is 0 Å². The summed E-state index contributed by atoms with van der Waals surface area (Å²) in [6.07, 6.45) is 3.29. The lowest BCUT2D eigenvalue weighted by Gasteiger charge is -2.36. The molecule has 13 heavy (non-hydrogen) atoms. The maximum absolute atomic E-state index is 4.34. The highest BCUT2D eigenvalue weighted by molar-refractivity contribution is 9.07. The predicted octanol–water partition coefficient (Wildman–Crippen LogP) is 2.64. The molecule has 0 aromatic carbocycles. The van der Waals surface area contributed by atoms with Crippen molar-refractivity contribution in [2.75, 3.05) is 6.54 Å². The highest BCUT2D eigenvalue weighted by Crippen LogP contribution is 2.31. The number of halogens is 1. The van der Waals surface area contributed by atoms with Gasteiger partial charge in [-0.2, -0.15) is 5.10 Å². The van der Waals surface area contributed by atoms with E-state index in [0.29, 0.717) is 6.17 Å². The van der Waals surface area contributed by atoms with E-state index in [1.54, 1.807) is 0 Å². The van der Waals surface area contributed by atoms with Crippen molar-refractivity contribution >= 4 is 22.5 Å². The van der Waals surface area contributed by atoms with Gasteiger partial charge in [0.1, 0.15) is 12.5 Å². The van der Waals surface area contributed by atoms with E-state index in [0.717, 1.165) is 13.0 Å². The van der Waals surface area contributed by atoms with Gasteiger partial charge in [0, 0.05) is 12.0 Å². The number of hydrogen-bond donors (Lipinski definition) is 0. The van der Waals surface area contributed by atoms with Crippen LogP contribution in [-0.4, -0.2) is 28.0 Å². The van der Waals surface area contributed by atoms with Crippen molar-refractivity contribution in [2.45, 2.75) is 40.3 Å². The van der Waals surface area contributed by atoms with Gasteiger partial charge in [-0.05, 0) is 6.42 Å². The van der Waals surface area contributed by atoms with E-state index in [1.807, 2.05) is 10.3 Å². The Kier molecular flexibility index (Phi) is 3.22. The molecule has 0 amide bonds. The van der Waals surface area contributed by atoms with Crippen LogP contribution in [0.15, 0.2) is 5.10 Å². The maximum atomic E-state index is 4.34. The van der Waals surface area contributed by atoms with E-state index in [-0.39, 0.29) is 5.41 Å². The van der Waals surface area contributed by atoms with Gasteiger partial charge in [-0.1, -0.05) is 27.7 Å². The van der Waals surface area contributed by atoms with E-state index in [2.05, 4.69) is 54.0 Å². The monoisotopic (exact) mass is 247 g/mol. The average molecular weight is 248 g/mol. The minimum Gasteiger partial charge on any atom is -0.274 e. The molecule has 0 N–H and O–H groups in total. The molecule has 1 unspecified atom stereocenters. The first-order valence-electron chi connectivity index (χ1n) is 4.71. The molecule has 1 aliphatic rings. The quantitative estimate of drug-likeness (QED) is 0.699. The Morgan fingerprint density at radius 1 is 1.46 bits per heavy atom. The molecular weight excluding hydrogens is 230 g/mol. The van der Waals surface area contributed by atoms with Gasteiger partial charge < -0.3 is 0 Å². The second-order valence-electron chi connectivity index (χ2n) is 4.48. The van der Waals surface area contributed by atoms with E-state index < -0.39 is 0 Å². The summed E-state index contributed by atoms with van der Waals surface area (Å²) in [7, 11) is 0. The molecule has 0 aromatic rings. The summed E-state index contributed by atoms with van der Waals surface area (Å²) in [5, 5.41) is 6.48. The van der Waals surface area contributed by atoms with Crippen LogP contribution in [0.1, 0.15) is 34.1 Å². The summed E-state index contributed by atoms with van der Waals surface area (Å²) in [4.78, 5) is 0. The molecule has 4 heteroatoms. The fourth-order valence-corrected chi connectivity index (χ4v) is 2.50. The highest BCUT2D eigenvalue weighted by atomic mass is 79.9. The van der Waals surface area contributed by atoms with E-state index in [4.69, 9.17) is 0 Å². The van der Waals surface area contributed by atoms with Crippen LogP contribution in [0, 0.1) is 5.41 Å². The van der Waals surface area contributed by atoms with Crippen molar-refractivity contribution in [1.29, 1.82) is 0 Å². The van der Waals surface area contributed by atoms with E-state index in [9.17, 15) is 0 Å². The topological polar surface area (TPSA) is 18.8 Å². The summed E-state index contributed by atoms with van der Waals surface area (Å²) in [5.74, 6) is 0. The Morgan fingerprint density at radius 2 is 2.08 bits per heavy atom. The first-order chi connectivity index (χ1) is 5.96. The van der Waals surface area contributed by atoms with E-state index >= 15 is 0 Å². The van der Waals surface area contributed by atoms with Gasteiger partial charge in [-0.15, -0.1) is 0 Å². The van der Waals surface area contributed by atoms with Crippen molar-refractivity contribution in [1.82, 2.24) is 8.93 Å². The summed E-state index contributed by atoms with van der Waals surface area (Å²) in [6.45, 7) is 9.86. The van der Waals surface area contributed by atoms with Crippen LogP contribution in [0.4, 0.5) is 0 Å². The molecule has 1 aliphatic heterocycles. The molecule has 1 heterocycles. The summed E-state index contributed by atoms with van der Waals surface area (Å²) in [5.41, 5.74) is 0.204. The molecule has 1 atom stereocenters. The first kappa shape index (κ1) is 10.8. The first-order valence-corrected chi connectivity index (χ1v) is 5.42. The maximum Gasteiger partial charge on any atom is 0.134 e. The van der Waals surface area contributed by atoms with Gasteiger partial charge in [0.15, 0.2) is 0 Å². The van der Waals surface area contributed by atoms with Crippen LogP contribution in [0.25, 0.3) is 0 Å². The molecule has 0 radical (unpaired) electrons. The minimum absolute atomic E-state index is 0.204. The third-order valence-corrected chi connectivity index (χ3v) is 2.62. The summed E-state index contributed by atoms with van der Waals surface area (Å²) < 4.78 is 2.00. The molecular formula is C9H18BrN3. The molecule has 0 bridgehead atoms. The third kappa shape index (κ3) is 2.36. The number of rotatable bonds is 2. The Balaban J connectivity index is 2.70. The largest absolute Gasteiger partial charge is 0.274 e. The SMILES string of the molecule is CCCN1N=CN(Br)C1C(C)(C)C. The smallest absolute Gasteiger partial charge is 0.134 e. The number of hydrazone groups is 1. The second kappa shape index (κ2) is 3.86. The highest BCUT2D eigenvalue weighted by Gasteiger charge is 2.36. The van der Waals surface area contributed by atoms with Gasteiger partial charge in [0.25, 0.3) is 0 Å². The minimum atomic E-state index is 0.204. The summed E-state index contributed by atoms with van der Waals surface area (Å²) >= 11 is 3.49. The zero-order chi connectivity index (χ0) is 10.1. The zero-order valence-electron chi connectivity index (χ0n) is 8.79. The summed E-state index contributed by atoms with van der Waals surface area (Å²) in [6, 6.07) is 0. The molecule has 0 fully saturated rings. The molecule has 0 saturated carbocycles. The van der Waals surface area contributed by atoms with Crippen LogP contribution in [0.2, 0.25) is 0 Å². The van der Waals surface area contributed by atoms with Crippen molar-refractivity contribution in [2.24, 2.45) is 10.5 Å². The third-order valence-electron chi connectivity index (χ3n) is 2.05. The Bertz CT molecular complexity index is 198. The molecule has 0 spiro atoms. The van der Waals surface area contributed by atoms with Gasteiger partial charge in [-0.3, -0.25) is 8.93 Å². The van der Waals surface area contributed by atoms with Gasteiger partial charge in [0.2, 0.25) is 0 Å². The van der Waals surface area contributed by atoms with Crippen LogP contribution in [0.5, 0.6) is 0 Å². The lowest BCUT2D eigenvalue weighted by atomic mass is 9.92. The molecule has 0 aromatic heterocycles. The van der Waals surface area contributed by atoms with Crippen LogP contribution in [-0.2, 0) is 0 Å². The average Bonchev–Trinajstić information content (AvgIpc) is 2.31. The second-order valence-corrected chi connectivity index (χ2v) is 5.30.